The lowest BCUT2D eigenvalue weighted by Gasteiger charge is -2.19. The van der Waals surface area contributed by atoms with E-state index in [4.69, 9.17) is 10.2 Å². The van der Waals surface area contributed by atoms with Crippen molar-refractivity contribution in [3.05, 3.63) is 0 Å². The summed E-state index contributed by atoms with van der Waals surface area (Å²) in [6.07, 6.45) is -0.104. The molecule has 0 saturated heterocycles. The SMILES string of the molecule is COC(=O)CN(C)C(=O)N[C@H](CCO)C(=O)O. The fraction of sp³-hybridized carbons (Fsp3) is 0.667. The van der Waals surface area contributed by atoms with Crippen molar-refractivity contribution in [2.75, 3.05) is 27.3 Å². The lowest BCUT2D eigenvalue weighted by molar-refractivity contribution is -0.141. The molecular weight excluding hydrogens is 232 g/mol. The minimum atomic E-state index is -1.25. The van der Waals surface area contributed by atoms with Crippen LogP contribution >= 0.6 is 0 Å². The second kappa shape index (κ2) is 7.44. The van der Waals surface area contributed by atoms with Crippen molar-refractivity contribution in [3.63, 3.8) is 0 Å². The van der Waals surface area contributed by atoms with Gasteiger partial charge in [-0.25, -0.2) is 9.59 Å². The number of hydrogen-bond acceptors (Lipinski definition) is 5. The molecule has 0 fully saturated rings. The van der Waals surface area contributed by atoms with Crippen LogP contribution in [0.25, 0.3) is 0 Å². The summed E-state index contributed by atoms with van der Waals surface area (Å²) in [6, 6.07) is -1.91. The van der Waals surface area contributed by atoms with Crippen LogP contribution in [0.2, 0.25) is 0 Å². The number of rotatable bonds is 6. The molecule has 0 aliphatic heterocycles. The zero-order valence-electron chi connectivity index (χ0n) is 9.67. The Bertz CT molecular complexity index is 293. The summed E-state index contributed by atoms with van der Waals surface area (Å²) >= 11 is 0. The summed E-state index contributed by atoms with van der Waals surface area (Å²) < 4.78 is 4.35. The van der Waals surface area contributed by atoms with Gasteiger partial charge in [0, 0.05) is 20.1 Å². The van der Waals surface area contributed by atoms with Crippen molar-refractivity contribution >= 4 is 18.0 Å². The number of hydrogen-bond donors (Lipinski definition) is 3. The average molecular weight is 248 g/mol. The largest absolute Gasteiger partial charge is 0.480 e. The van der Waals surface area contributed by atoms with Gasteiger partial charge in [0.05, 0.1) is 7.11 Å². The first kappa shape index (κ1) is 15.2. The van der Waals surface area contributed by atoms with Gasteiger partial charge in [-0.05, 0) is 0 Å². The maximum absolute atomic E-state index is 11.4. The number of methoxy groups -OCH3 is 1. The molecule has 3 N–H and O–H groups in total. The highest BCUT2D eigenvalue weighted by Gasteiger charge is 2.22. The highest BCUT2D eigenvalue weighted by Crippen LogP contribution is 1.94. The van der Waals surface area contributed by atoms with Crippen molar-refractivity contribution < 1.29 is 29.3 Å². The number of carbonyl (C=O) groups excluding carboxylic acids is 2. The molecule has 0 aromatic carbocycles. The normalized spacial score (nSPS) is 11.5. The van der Waals surface area contributed by atoms with Crippen LogP contribution in [0.5, 0.6) is 0 Å². The van der Waals surface area contributed by atoms with Crippen LogP contribution in [-0.4, -0.2) is 66.4 Å². The molecule has 0 aromatic heterocycles. The molecule has 98 valence electrons. The fourth-order valence-corrected chi connectivity index (χ4v) is 0.976. The average Bonchev–Trinajstić information content (AvgIpc) is 2.27. The molecule has 0 saturated carbocycles. The van der Waals surface area contributed by atoms with Gasteiger partial charge < -0.3 is 25.2 Å². The molecule has 0 aromatic rings. The third-order valence-electron chi connectivity index (χ3n) is 1.95. The molecule has 1 atom stereocenters. The van der Waals surface area contributed by atoms with E-state index in [1.165, 1.54) is 14.2 Å². The maximum Gasteiger partial charge on any atom is 0.326 e. The first-order chi connectivity index (χ1) is 7.92. The lowest BCUT2D eigenvalue weighted by atomic mass is 10.2. The van der Waals surface area contributed by atoms with Gasteiger partial charge in [0.2, 0.25) is 0 Å². The predicted octanol–water partition coefficient (Wildman–Crippen LogP) is -1.36. The Morgan fingerprint density at radius 2 is 2.00 bits per heavy atom. The Labute approximate surface area is 98.2 Å². The smallest absolute Gasteiger partial charge is 0.326 e. The van der Waals surface area contributed by atoms with Gasteiger partial charge in [0.1, 0.15) is 12.6 Å². The minimum absolute atomic E-state index is 0.104. The summed E-state index contributed by atoms with van der Waals surface area (Å²) in [5.41, 5.74) is 0. The summed E-state index contributed by atoms with van der Waals surface area (Å²) in [5.74, 6) is -1.87. The van der Waals surface area contributed by atoms with Gasteiger partial charge in [-0.3, -0.25) is 4.79 Å². The Morgan fingerprint density at radius 1 is 1.41 bits per heavy atom. The topological polar surface area (TPSA) is 116 Å². The van der Waals surface area contributed by atoms with Crippen LogP contribution in [0.4, 0.5) is 4.79 Å². The van der Waals surface area contributed by atoms with Crippen molar-refractivity contribution in [1.29, 1.82) is 0 Å². The van der Waals surface area contributed by atoms with Gasteiger partial charge >= 0.3 is 18.0 Å². The monoisotopic (exact) mass is 248 g/mol. The number of carbonyl (C=O) groups is 3. The van der Waals surface area contributed by atoms with Crippen LogP contribution in [0, 0.1) is 0 Å². The number of amides is 2. The summed E-state index contributed by atoms with van der Waals surface area (Å²) in [5, 5.41) is 19.5. The third kappa shape index (κ3) is 5.71. The summed E-state index contributed by atoms with van der Waals surface area (Å²) in [7, 11) is 2.50. The maximum atomic E-state index is 11.4. The molecule has 8 heteroatoms. The van der Waals surface area contributed by atoms with E-state index < -0.39 is 24.0 Å². The molecule has 0 bridgehead atoms. The van der Waals surface area contributed by atoms with Crippen LogP contribution in [0.1, 0.15) is 6.42 Å². The van der Waals surface area contributed by atoms with E-state index in [2.05, 4.69) is 10.1 Å². The van der Waals surface area contributed by atoms with E-state index in [1.807, 2.05) is 0 Å². The van der Waals surface area contributed by atoms with Gasteiger partial charge in [-0.1, -0.05) is 0 Å². The van der Waals surface area contributed by atoms with Gasteiger partial charge in [0.25, 0.3) is 0 Å². The lowest BCUT2D eigenvalue weighted by Crippen LogP contribution is -2.48. The molecule has 0 aliphatic rings. The standard InChI is InChI=1S/C9H16N2O6/c1-11(5-7(13)17-2)9(16)10-6(3-4-12)8(14)15/h6,12H,3-5H2,1-2H3,(H,10,16)(H,14,15)/t6-/m1/s1. The van der Waals surface area contributed by atoms with Gasteiger partial charge in [-0.2, -0.15) is 0 Å². The molecule has 17 heavy (non-hydrogen) atoms. The number of ether oxygens (including phenoxy) is 1. The highest BCUT2D eigenvalue weighted by atomic mass is 16.5. The molecule has 0 unspecified atom stereocenters. The molecule has 0 rings (SSSR count). The number of aliphatic carboxylic acids is 1. The number of urea groups is 1. The Hall–Kier alpha value is -1.83. The van der Waals surface area contributed by atoms with E-state index in [9.17, 15) is 14.4 Å². The Balaban J connectivity index is 4.30. The van der Waals surface area contributed by atoms with Crippen molar-refractivity contribution in [1.82, 2.24) is 10.2 Å². The van der Waals surface area contributed by atoms with E-state index >= 15 is 0 Å². The summed E-state index contributed by atoms with van der Waals surface area (Å²) in [6.45, 7) is -0.647. The number of aliphatic hydroxyl groups is 1. The van der Waals surface area contributed by atoms with Gasteiger partial charge in [-0.15, -0.1) is 0 Å². The van der Waals surface area contributed by atoms with Crippen LogP contribution in [0.3, 0.4) is 0 Å². The number of nitrogens with zero attached hydrogens (tertiary/aromatic N) is 1. The fourth-order valence-electron chi connectivity index (χ4n) is 0.976. The second-order valence-electron chi connectivity index (χ2n) is 3.28. The molecule has 0 heterocycles. The first-order valence-electron chi connectivity index (χ1n) is 4.84. The number of nitrogens with one attached hydrogen (secondary N) is 1. The Morgan fingerprint density at radius 3 is 2.41 bits per heavy atom. The number of likely N-dealkylation sites (N-methyl/N-ethyl adjacent to an activating group) is 1. The second-order valence-corrected chi connectivity index (χ2v) is 3.28. The number of carboxylic acid groups (broad SMARTS) is 1. The van der Waals surface area contributed by atoms with E-state index in [0.29, 0.717) is 0 Å². The molecule has 0 radical (unpaired) electrons. The third-order valence-corrected chi connectivity index (χ3v) is 1.95. The van der Waals surface area contributed by atoms with Gasteiger partial charge in [0.15, 0.2) is 0 Å². The Kier molecular flexibility index (Phi) is 6.64. The zero-order valence-corrected chi connectivity index (χ0v) is 9.67. The molecular formula is C9H16N2O6. The number of aliphatic hydroxyl groups excluding tert-OH is 1. The van der Waals surface area contributed by atoms with Crippen LogP contribution in [-0.2, 0) is 14.3 Å². The van der Waals surface area contributed by atoms with Crippen molar-refractivity contribution in [3.8, 4) is 0 Å². The van der Waals surface area contributed by atoms with E-state index in [-0.39, 0.29) is 19.6 Å². The zero-order chi connectivity index (χ0) is 13.4. The van der Waals surface area contributed by atoms with E-state index in [1.54, 1.807) is 0 Å². The molecule has 8 nitrogen and oxygen atoms in total. The first-order valence-corrected chi connectivity index (χ1v) is 4.84. The summed E-state index contributed by atoms with van der Waals surface area (Å²) in [4.78, 5) is 34.0. The van der Waals surface area contributed by atoms with Crippen molar-refractivity contribution in [2.24, 2.45) is 0 Å². The molecule has 0 aliphatic carbocycles. The quantitative estimate of drug-likeness (QED) is 0.500. The van der Waals surface area contributed by atoms with E-state index in [0.717, 1.165) is 4.90 Å². The highest BCUT2D eigenvalue weighted by molar-refractivity contribution is 5.84. The van der Waals surface area contributed by atoms with Crippen LogP contribution < -0.4 is 5.32 Å². The number of esters is 1. The molecule has 0 spiro atoms. The van der Waals surface area contributed by atoms with Crippen molar-refractivity contribution in [2.45, 2.75) is 12.5 Å². The van der Waals surface area contributed by atoms with Crippen LogP contribution in [0.15, 0.2) is 0 Å². The minimum Gasteiger partial charge on any atom is -0.480 e. The molecule has 2 amide bonds. The predicted molar refractivity (Wildman–Crippen MR) is 56.3 cm³/mol. The number of carboxylic acids is 1.